The molecule has 2 heterocycles. The monoisotopic (exact) mass is 375 g/mol. The molecule has 1 aliphatic heterocycles. The van der Waals surface area contributed by atoms with Crippen molar-refractivity contribution in [2.24, 2.45) is 0 Å². The third kappa shape index (κ3) is 4.16. The maximum Gasteiger partial charge on any atom is 0.225 e. The van der Waals surface area contributed by atoms with Crippen LogP contribution in [0.3, 0.4) is 0 Å². The number of hydrogen-bond donors (Lipinski definition) is 0. The fraction of sp³-hybridized carbons (Fsp3) is 0.391. The summed E-state index contributed by atoms with van der Waals surface area (Å²) >= 11 is 0. The topological polar surface area (TPSA) is 35.5 Å². The van der Waals surface area contributed by atoms with Crippen molar-refractivity contribution >= 4 is 16.7 Å². The normalized spacial score (nSPS) is 17.2. The Morgan fingerprint density at radius 3 is 2.64 bits per heavy atom. The molecule has 4 rings (SSSR count). The molecule has 1 fully saturated rings. The van der Waals surface area contributed by atoms with E-state index < -0.39 is 0 Å². The van der Waals surface area contributed by atoms with E-state index in [0.29, 0.717) is 6.04 Å². The second kappa shape index (κ2) is 8.25. The fourth-order valence-corrected chi connectivity index (χ4v) is 3.83. The van der Waals surface area contributed by atoms with Crippen molar-refractivity contribution in [1.82, 2.24) is 19.8 Å². The predicted octanol–water partition coefficient (Wildman–Crippen LogP) is 3.37. The molecule has 1 aliphatic rings. The number of rotatable bonds is 6. The Kier molecular flexibility index (Phi) is 5.55. The Bertz CT molecular complexity index is 939. The third-order valence-corrected chi connectivity index (χ3v) is 5.66. The third-order valence-electron chi connectivity index (χ3n) is 5.66. The molecule has 0 amide bonds. The van der Waals surface area contributed by atoms with Gasteiger partial charge in [0.15, 0.2) is 0 Å². The highest BCUT2D eigenvalue weighted by atomic mass is 15.3. The highest BCUT2D eigenvalue weighted by Gasteiger charge is 2.27. The van der Waals surface area contributed by atoms with E-state index in [1.807, 2.05) is 12.3 Å². The summed E-state index contributed by atoms with van der Waals surface area (Å²) in [5, 5.41) is 2.49. The molecule has 0 spiro atoms. The van der Waals surface area contributed by atoms with Crippen LogP contribution >= 0.6 is 0 Å². The largest absolute Gasteiger partial charge is 0.339 e. The van der Waals surface area contributed by atoms with Crippen molar-refractivity contribution in [3.63, 3.8) is 0 Å². The van der Waals surface area contributed by atoms with Crippen LogP contribution in [0, 0.1) is 0 Å². The molecule has 5 nitrogen and oxygen atoms in total. The van der Waals surface area contributed by atoms with Gasteiger partial charge in [-0.25, -0.2) is 9.97 Å². The van der Waals surface area contributed by atoms with E-state index in [2.05, 4.69) is 83.3 Å². The van der Waals surface area contributed by atoms with Crippen molar-refractivity contribution in [2.45, 2.75) is 12.5 Å². The molecule has 146 valence electrons. The maximum atomic E-state index is 4.89. The average Bonchev–Trinajstić information content (AvgIpc) is 3.22. The molecular weight excluding hydrogens is 346 g/mol. The van der Waals surface area contributed by atoms with Crippen molar-refractivity contribution in [1.29, 1.82) is 0 Å². The van der Waals surface area contributed by atoms with Crippen LogP contribution < -0.4 is 4.90 Å². The first-order valence-corrected chi connectivity index (χ1v) is 10.0. The Morgan fingerprint density at radius 1 is 1.00 bits per heavy atom. The van der Waals surface area contributed by atoms with E-state index in [1.54, 1.807) is 0 Å². The summed E-state index contributed by atoms with van der Waals surface area (Å²) < 4.78 is 0. The van der Waals surface area contributed by atoms with Gasteiger partial charge in [-0.05, 0) is 50.5 Å². The summed E-state index contributed by atoms with van der Waals surface area (Å²) in [5.74, 6) is 0.842. The fourth-order valence-electron chi connectivity index (χ4n) is 3.83. The van der Waals surface area contributed by atoms with Gasteiger partial charge in [0.1, 0.15) is 0 Å². The highest BCUT2D eigenvalue weighted by Crippen LogP contribution is 2.25. The molecular formula is C23H29N5. The summed E-state index contributed by atoms with van der Waals surface area (Å²) in [6.45, 7) is 4.17. The van der Waals surface area contributed by atoms with Gasteiger partial charge in [0, 0.05) is 44.0 Å². The number of anilines is 1. The summed E-state index contributed by atoms with van der Waals surface area (Å²) in [6.07, 6.45) is 3.05. The lowest BCUT2D eigenvalue weighted by Crippen LogP contribution is -2.38. The van der Waals surface area contributed by atoms with Crippen LogP contribution in [0.2, 0.25) is 0 Å². The van der Waals surface area contributed by atoms with Crippen LogP contribution in [-0.4, -0.2) is 73.1 Å². The summed E-state index contributed by atoms with van der Waals surface area (Å²) in [7, 11) is 6.48. The second-order valence-electron chi connectivity index (χ2n) is 7.98. The Labute approximate surface area is 167 Å². The van der Waals surface area contributed by atoms with Gasteiger partial charge in [-0.15, -0.1) is 0 Å². The van der Waals surface area contributed by atoms with Crippen LogP contribution in [0.5, 0.6) is 0 Å². The summed E-state index contributed by atoms with van der Waals surface area (Å²) in [5.41, 5.74) is 2.13. The van der Waals surface area contributed by atoms with E-state index in [0.717, 1.165) is 49.8 Å². The number of hydrogen-bond acceptors (Lipinski definition) is 5. The van der Waals surface area contributed by atoms with Crippen molar-refractivity contribution in [2.75, 3.05) is 52.2 Å². The first kappa shape index (κ1) is 18.8. The van der Waals surface area contributed by atoms with Crippen LogP contribution in [0.1, 0.15) is 6.42 Å². The lowest BCUT2D eigenvalue weighted by molar-refractivity contribution is 0.229. The zero-order valence-electron chi connectivity index (χ0n) is 17.0. The van der Waals surface area contributed by atoms with E-state index in [4.69, 9.17) is 4.98 Å². The SMILES string of the molecule is CN(C)CCN(C)C1CCN(c2nccc(-c3ccc4ccccc4c3)n2)C1. The Balaban J connectivity index is 1.49. The molecule has 2 aromatic carbocycles. The molecule has 1 unspecified atom stereocenters. The minimum Gasteiger partial charge on any atom is -0.339 e. The summed E-state index contributed by atoms with van der Waals surface area (Å²) in [6, 6.07) is 17.5. The molecule has 0 radical (unpaired) electrons. The number of aromatic nitrogens is 2. The van der Waals surface area contributed by atoms with Gasteiger partial charge in [-0.3, -0.25) is 0 Å². The molecule has 5 heteroatoms. The zero-order valence-corrected chi connectivity index (χ0v) is 17.0. The van der Waals surface area contributed by atoms with Gasteiger partial charge in [0.2, 0.25) is 5.95 Å². The zero-order chi connectivity index (χ0) is 19.5. The summed E-state index contributed by atoms with van der Waals surface area (Å²) in [4.78, 5) is 16.5. The molecule has 3 aromatic rings. The van der Waals surface area contributed by atoms with Crippen molar-refractivity contribution in [3.05, 3.63) is 54.7 Å². The van der Waals surface area contributed by atoms with Gasteiger partial charge >= 0.3 is 0 Å². The minimum absolute atomic E-state index is 0.563. The second-order valence-corrected chi connectivity index (χ2v) is 7.98. The molecule has 0 bridgehead atoms. The predicted molar refractivity (Wildman–Crippen MR) is 117 cm³/mol. The van der Waals surface area contributed by atoms with E-state index in [9.17, 15) is 0 Å². The minimum atomic E-state index is 0.563. The lowest BCUT2D eigenvalue weighted by Gasteiger charge is -2.26. The number of fused-ring (bicyclic) bond motifs is 1. The first-order valence-electron chi connectivity index (χ1n) is 10.0. The average molecular weight is 376 g/mol. The van der Waals surface area contributed by atoms with Crippen LogP contribution in [0.25, 0.3) is 22.0 Å². The standard InChI is InChI=1S/C23H29N5/c1-26(2)14-15-27(3)21-11-13-28(17-21)23-24-12-10-22(25-23)20-9-8-18-6-4-5-7-19(18)16-20/h4-10,12,16,21H,11,13-15,17H2,1-3H3. The molecule has 0 aliphatic carbocycles. The number of benzene rings is 2. The van der Waals surface area contributed by atoms with Gasteiger partial charge in [-0.2, -0.15) is 0 Å². The highest BCUT2D eigenvalue weighted by molar-refractivity contribution is 5.86. The van der Waals surface area contributed by atoms with Gasteiger partial charge in [0.05, 0.1) is 5.69 Å². The maximum absolute atomic E-state index is 4.89. The van der Waals surface area contributed by atoms with Crippen LogP contribution in [-0.2, 0) is 0 Å². The molecule has 28 heavy (non-hydrogen) atoms. The van der Waals surface area contributed by atoms with Crippen molar-refractivity contribution in [3.8, 4) is 11.3 Å². The smallest absolute Gasteiger partial charge is 0.225 e. The van der Waals surface area contributed by atoms with E-state index >= 15 is 0 Å². The molecule has 1 aromatic heterocycles. The van der Waals surface area contributed by atoms with Crippen molar-refractivity contribution < 1.29 is 0 Å². The quantitative estimate of drug-likeness (QED) is 0.660. The van der Waals surface area contributed by atoms with Crippen LogP contribution in [0.4, 0.5) is 5.95 Å². The number of likely N-dealkylation sites (N-methyl/N-ethyl adjacent to an activating group) is 2. The Morgan fingerprint density at radius 2 is 1.82 bits per heavy atom. The number of nitrogens with zero attached hydrogens (tertiary/aromatic N) is 5. The van der Waals surface area contributed by atoms with E-state index in [1.165, 1.54) is 10.8 Å². The van der Waals surface area contributed by atoms with Gasteiger partial charge < -0.3 is 14.7 Å². The van der Waals surface area contributed by atoms with Gasteiger partial charge in [0.25, 0.3) is 0 Å². The van der Waals surface area contributed by atoms with Gasteiger partial charge in [-0.1, -0.05) is 36.4 Å². The Hall–Kier alpha value is -2.50. The molecule has 0 N–H and O–H groups in total. The molecule has 1 saturated heterocycles. The molecule has 0 saturated carbocycles. The first-order chi connectivity index (χ1) is 13.6. The van der Waals surface area contributed by atoms with E-state index in [-0.39, 0.29) is 0 Å². The van der Waals surface area contributed by atoms with Crippen LogP contribution in [0.15, 0.2) is 54.7 Å². The lowest BCUT2D eigenvalue weighted by atomic mass is 10.1. The molecule has 1 atom stereocenters.